The molecule has 2 fully saturated rings. The van der Waals surface area contributed by atoms with Gasteiger partial charge in [0, 0.05) is 11.1 Å². The molecule has 0 unspecified atom stereocenters. The smallest absolute Gasteiger partial charge is 0.147 e. The molecule has 1 aromatic rings. The van der Waals surface area contributed by atoms with Crippen molar-refractivity contribution in [2.24, 2.45) is 0 Å². The van der Waals surface area contributed by atoms with E-state index in [1.807, 2.05) is 0 Å². The highest BCUT2D eigenvalue weighted by atomic mass is 16.5. The second-order valence-electron chi connectivity index (χ2n) is 9.53. The molecule has 0 spiro atoms. The lowest BCUT2D eigenvalue weighted by molar-refractivity contribution is -0.214. The quantitative estimate of drug-likeness (QED) is 0.188. The number of nitrogens with zero attached hydrogens (tertiary/aromatic N) is 1. The lowest BCUT2D eigenvalue weighted by atomic mass is 9.82. The van der Waals surface area contributed by atoms with Gasteiger partial charge < -0.3 is 50.3 Å². The maximum Gasteiger partial charge on any atom is 0.147 e. The van der Waals surface area contributed by atoms with Gasteiger partial charge in [0.1, 0.15) is 61.0 Å². The van der Waals surface area contributed by atoms with Crippen molar-refractivity contribution in [2.45, 2.75) is 80.3 Å². The highest BCUT2D eigenvalue weighted by Gasteiger charge is 2.43. The first-order valence-corrected chi connectivity index (χ1v) is 11.6. The second kappa shape index (κ2) is 11.9. The van der Waals surface area contributed by atoms with E-state index in [1.54, 1.807) is 32.0 Å². The zero-order valence-corrected chi connectivity index (χ0v) is 20.3. The average Bonchev–Trinajstić information content (AvgIpc) is 2.90. The van der Waals surface area contributed by atoms with Crippen molar-refractivity contribution >= 4 is 0 Å². The third-order valence-corrected chi connectivity index (χ3v) is 6.46. The lowest BCUT2D eigenvalue weighted by Crippen LogP contribution is -2.58. The zero-order valence-electron chi connectivity index (χ0n) is 20.3. The first-order chi connectivity index (χ1) is 17.4. The molecule has 37 heavy (non-hydrogen) atoms. The van der Waals surface area contributed by atoms with Crippen molar-refractivity contribution in [3.8, 4) is 29.8 Å². The van der Waals surface area contributed by atoms with E-state index in [0.717, 1.165) is 0 Å². The Morgan fingerprint density at radius 1 is 0.757 bits per heavy atom. The average molecular weight is 518 g/mol. The van der Waals surface area contributed by atoms with Crippen LogP contribution in [0.25, 0.3) is 0 Å². The van der Waals surface area contributed by atoms with Gasteiger partial charge in [-0.05, 0) is 37.6 Å². The maximum atomic E-state index is 10.2. The standard InChI is InChI=1S/C26H31NO10/c1-26(2,12-27)15-9-13(4-7-16-20(30)24(34)22(32)18(10-28)36-16)3-5-14(15)6-8-17-21(31)25(35)23(33)19(11-29)37-17/h3,5,9,16-25,28-35H,10-11H2,1-2H3/t16-,17-,18-,19-,20-,21-,22-,23-,24-,25-/m1/s1. The summed E-state index contributed by atoms with van der Waals surface area (Å²) in [4.78, 5) is 0. The van der Waals surface area contributed by atoms with Gasteiger partial charge >= 0.3 is 0 Å². The number of aliphatic hydroxyl groups excluding tert-OH is 8. The van der Waals surface area contributed by atoms with Crippen LogP contribution in [0.3, 0.4) is 0 Å². The SMILES string of the molecule is CC(C)(C#N)c1cc(C#C[C@H]2O[C@H](CO)[C@@H](O)[C@H](O)[C@@H]2O)ccc1C#C[C@H]1O[C@H](CO)[C@@H](O)[C@H](O)[C@@H]1O. The third-order valence-electron chi connectivity index (χ3n) is 6.46. The summed E-state index contributed by atoms with van der Waals surface area (Å²) in [6, 6.07) is 6.96. The highest BCUT2D eigenvalue weighted by molar-refractivity contribution is 5.52. The molecule has 2 aliphatic rings. The summed E-state index contributed by atoms with van der Waals surface area (Å²) in [5.74, 6) is 11.0. The molecular formula is C26H31NO10. The van der Waals surface area contributed by atoms with Gasteiger partial charge in [-0.3, -0.25) is 0 Å². The van der Waals surface area contributed by atoms with Crippen LogP contribution in [0.5, 0.6) is 0 Å². The molecule has 0 aliphatic carbocycles. The Kier molecular flexibility index (Phi) is 9.30. The molecule has 3 rings (SSSR count). The molecule has 2 saturated heterocycles. The van der Waals surface area contributed by atoms with Gasteiger partial charge in [-0.2, -0.15) is 5.26 Å². The minimum atomic E-state index is -1.57. The van der Waals surface area contributed by atoms with Crippen LogP contribution in [-0.4, -0.2) is 115 Å². The van der Waals surface area contributed by atoms with Crippen LogP contribution in [0.4, 0.5) is 0 Å². The minimum absolute atomic E-state index is 0.405. The van der Waals surface area contributed by atoms with Crippen molar-refractivity contribution in [1.82, 2.24) is 0 Å². The molecule has 1 aromatic carbocycles. The Morgan fingerprint density at radius 2 is 1.24 bits per heavy atom. The van der Waals surface area contributed by atoms with E-state index in [4.69, 9.17) is 9.47 Å². The van der Waals surface area contributed by atoms with Crippen molar-refractivity contribution in [3.05, 3.63) is 34.9 Å². The second-order valence-corrected chi connectivity index (χ2v) is 9.53. The van der Waals surface area contributed by atoms with Crippen LogP contribution in [0.15, 0.2) is 18.2 Å². The van der Waals surface area contributed by atoms with Gasteiger partial charge in [-0.15, -0.1) is 0 Å². The van der Waals surface area contributed by atoms with Crippen LogP contribution in [0.1, 0.15) is 30.5 Å². The predicted molar refractivity (Wildman–Crippen MR) is 126 cm³/mol. The summed E-state index contributed by atoms with van der Waals surface area (Å²) in [6.07, 6.45) is -13.8. The van der Waals surface area contributed by atoms with E-state index in [1.165, 1.54) is 0 Å². The molecule has 8 N–H and O–H groups in total. The molecule has 10 atom stereocenters. The van der Waals surface area contributed by atoms with Gasteiger partial charge in [0.25, 0.3) is 0 Å². The number of hydrogen-bond donors (Lipinski definition) is 8. The summed E-state index contributed by atoms with van der Waals surface area (Å²) in [5, 5.41) is 88.6. The fourth-order valence-corrected chi connectivity index (χ4v) is 4.05. The fraction of sp³-hybridized carbons (Fsp3) is 0.577. The summed E-state index contributed by atoms with van der Waals surface area (Å²) < 4.78 is 10.8. The minimum Gasteiger partial charge on any atom is -0.394 e. The Morgan fingerprint density at radius 3 is 1.70 bits per heavy atom. The molecule has 0 radical (unpaired) electrons. The van der Waals surface area contributed by atoms with Crippen molar-refractivity contribution in [3.63, 3.8) is 0 Å². The van der Waals surface area contributed by atoms with Gasteiger partial charge in [0.15, 0.2) is 0 Å². The zero-order chi connectivity index (χ0) is 27.5. The number of hydrogen-bond acceptors (Lipinski definition) is 11. The highest BCUT2D eigenvalue weighted by Crippen LogP contribution is 2.28. The summed E-state index contributed by atoms with van der Waals surface area (Å²) in [6.45, 7) is 2.16. The van der Waals surface area contributed by atoms with Crippen molar-refractivity contribution in [1.29, 1.82) is 5.26 Å². The Balaban J connectivity index is 1.92. The first-order valence-electron chi connectivity index (χ1n) is 11.6. The Labute approximate surface area is 214 Å². The molecule has 0 aromatic heterocycles. The normalized spacial score (nSPS) is 35.9. The van der Waals surface area contributed by atoms with E-state index >= 15 is 0 Å². The van der Waals surface area contributed by atoms with Crippen LogP contribution < -0.4 is 0 Å². The fourth-order valence-electron chi connectivity index (χ4n) is 4.05. The summed E-state index contributed by atoms with van der Waals surface area (Å²) >= 11 is 0. The van der Waals surface area contributed by atoms with Crippen LogP contribution in [0.2, 0.25) is 0 Å². The van der Waals surface area contributed by atoms with E-state index in [-0.39, 0.29) is 0 Å². The van der Waals surface area contributed by atoms with Gasteiger partial charge in [-0.25, -0.2) is 0 Å². The number of rotatable bonds is 3. The molecule has 200 valence electrons. The number of nitriles is 1. The van der Waals surface area contributed by atoms with Gasteiger partial charge in [-0.1, -0.05) is 23.7 Å². The van der Waals surface area contributed by atoms with Crippen molar-refractivity contribution < 1.29 is 50.3 Å². The van der Waals surface area contributed by atoms with Crippen LogP contribution in [0, 0.1) is 35.0 Å². The number of benzene rings is 1. The molecule has 0 amide bonds. The van der Waals surface area contributed by atoms with E-state index < -0.39 is 79.7 Å². The summed E-state index contributed by atoms with van der Waals surface area (Å²) in [7, 11) is 0. The van der Waals surface area contributed by atoms with Crippen molar-refractivity contribution in [2.75, 3.05) is 13.2 Å². The molecule has 2 aliphatic heterocycles. The van der Waals surface area contributed by atoms with Crippen LogP contribution in [-0.2, 0) is 14.9 Å². The van der Waals surface area contributed by atoms with E-state index in [2.05, 4.69) is 29.8 Å². The van der Waals surface area contributed by atoms with Crippen LogP contribution >= 0.6 is 0 Å². The molecule has 11 nitrogen and oxygen atoms in total. The maximum absolute atomic E-state index is 10.2. The number of aliphatic hydroxyl groups is 8. The van der Waals surface area contributed by atoms with Gasteiger partial charge in [0.05, 0.1) is 24.7 Å². The lowest BCUT2D eigenvalue weighted by Gasteiger charge is -2.37. The number of ether oxygens (including phenoxy) is 2. The largest absolute Gasteiger partial charge is 0.394 e. The monoisotopic (exact) mass is 517 g/mol. The predicted octanol–water partition coefficient (Wildman–Crippen LogP) is -3.12. The Hall–Kier alpha value is -2.57. The third kappa shape index (κ3) is 6.12. The molecule has 0 saturated carbocycles. The first kappa shape index (κ1) is 29.0. The van der Waals surface area contributed by atoms with E-state index in [0.29, 0.717) is 16.7 Å². The topological polar surface area (TPSA) is 204 Å². The summed E-state index contributed by atoms with van der Waals surface area (Å²) in [5.41, 5.74) is 0.281. The Bertz CT molecular complexity index is 1120. The van der Waals surface area contributed by atoms with E-state index in [9.17, 15) is 46.1 Å². The molecule has 11 heteroatoms. The molecular weight excluding hydrogens is 486 g/mol. The van der Waals surface area contributed by atoms with Gasteiger partial charge in [0.2, 0.25) is 0 Å². The molecule has 0 bridgehead atoms. The molecule has 2 heterocycles.